The van der Waals surface area contributed by atoms with Crippen molar-refractivity contribution in [3.8, 4) is 0 Å². The van der Waals surface area contributed by atoms with Crippen LogP contribution in [0.4, 0.5) is 8.78 Å². The number of carboxylic acids is 1. The van der Waals surface area contributed by atoms with Gasteiger partial charge in [0.15, 0.2) is 11.6 Å². The normalized spacial score (nSPS) is 11.4. The number of aliphatic carboxylic acids is 1. The van der Waals surface area contributed by atoms with Crippen LogP contribution in [-0.4, -0.2) is 17.0 Å². The quantitative estimate of drug-likeness (QED) is 0.878. The highest BCUT2D eigenvalue weighted by atomic mass is 19.2. The van der Waals surface area contributed by atoms with E-state index in [9.17, 15) is 18.4 Å². The van der Waals surface area contributed by atoms with Gasteiger partial charge in [-0.05, 0) is 38.5 Å². The van der Waals surface area contributed by atoms with Crippen LogP contribution in [0.1, 0.15) is 41.1 Å². The highest BCUT2D eigenvalue weighted by molar-refractivity contribution is 5.97. The van der Waals surface area contributed by atoms with Crippen molar-refractivity contribution >= 4 is 11.9 Å². The Labute approximate surface area is 137 Å². The summed E-state index contributed by atoms with van der Waals surface area (Å²) >= 11 is 0. The van der Waals surface area contributed by atoms with Crippen molar-refractivity contribution in [3.63, 3.8) is 0 Å². The van der Waals surface area contributed by atoms with Crippen molar-refractivity contribution in [2.24, 2.45) is 0 Å². The van der Waals surface area contributed by atoms with Crippen LogP contribution in [0.5, 0.6) is 0 Å². The van der Waals surface area contributed by atoms with Crippen molar-refractivity contribution in [1.29, 1.82) is 0 Å². The molecule has 128 valence electrons. The fraction of sp³-hybridized carbons (Fsp3) is 0.294. The lowest BCUT2D eigenvalue weighted by Crippen LogP contribution is -2.41. The summed E-state index contributed by atoms with van der Waals surface area (Å²) in [6.45, 7) is 4.88. The average Bonchev–Trinajstić information content (AvgIpc) is 2.81. The molecule has 1 heterocycles. The van der Waals surface area contributed by atoms with E-state index in [1.807, 2.05) is 0 Å². The molecule has 0 saturated heterocycles. The molecule has 0 bridgehead atoms. The third kappa shape index (κ3) is 3.61. The SMILES string of the molecule is Cc1coc(CC(=O)O)c1C(=O)NC(C)(C)c1ccc(F)c(F)c1. The number of rotatable bonds is 5. The monoisotopic (exact) mass is 337 g/mol. The average molecular weight is 337 g/mol. The molecule has 2 rings (SSSR count). The van der Waals surface area contributed by atoms with E-state index in [-0.39, 0.29) is 11.3 Å². The van der Waals surface area contributed by atoms with Crippen LogP contribution in [0.3, 0.4) is 0 Å². The largest absolute Gasteiger partial charge is 0.481 e. The Morgan fingerprint density at radius 2 is 1.92 bits per heavy atom. The van der Waals surface area contributed by atoms with Crippen LogP contribution < -0.4 is 5.32 Å². The third-order valence-electron chi connectivity index (χ3n) is 3.66. The summed E-state index contributed by atoms with van der Waals surface area (Å²) in [4.78, 5) is 23.4. The third-order valence-corrected chi connectivity index (χ3v) is 3.66. The number of carbonyl (C=O) groups is 2. The van der Waals surface area contributed by atoms with Crippen LogP contribution >= 0.6 is 0 Å². The number of hydrogen-bond acceptors (Lipinski definition) is 3. The maximum atomic E-state index is 13.4. The van der Waals surface area contributed by atoms with Crippen molar-refractivity contribution < 1.29 is 27.9 Å². The fourth-order valence-corrected chi connectivity index (χ4v) is 2.37. The first-order valence-electron chi connectivity index (χ1n) is 7.18. The minimum atomic E-state index is -1.13. The predicted octanol–water partition coefficient (Wildman–Crippen LogP) is 3.16. The predicted molar refractivity (Wildman–Crippen MR) is 81.6 cm³/mol. The molecule has 7 heteroatoms. The standard InChI is InChI=1S/C17H17F2NO4/c1-9-8-24-13(7-14(21)22)15(9)16(23)20-17(2,3)10-4-5-11(18)12(19)6-10/h4-6,8H,7H2,1-3H3,(H,20,23)(H,21,22). The molecule has 0 atom stereocenters. The topological polar surface area (TPSA) is 79.5 Å². The number of amides is 1. The summed E-state index contributed by atoms with van der Waals surface area (Å²) in [5.41, 5.74) is -0.0101. The zero-order valence-corrected chi connectivity index (χ0v) is 13.4. The summed E-state index contributed by atoms with van der Waals surface area (Å²) in [6, 6.07) is 3.37. The Morgan fingerprint density at radius 3 is 2.50 bits per heavy atom. The number of benzene rings is 1. The van der Waals surface area contributed by atoms with E-state index in [1.54, 1.807) is 20.8 Å². The number of halogens is 2. The second kappa shape index (κ2) is 6.43. The van der Waals surface area contributed by atoms with Gasteiger partial charge in [-0.3, -0.25) is 9.59 Å². The molecule has 24 heavy (non-hydrogen) atoms. The van der Waals surface area contributed by atoms with E-state index in [0.29, 0.717) is 11.1 Å². The lowest BCUT2D eigenvalue weighted by molar-refractivity contribution is -0.136. The first-order chi connectivity index (χ1) is 11.1. The summed E-state index contributed by atoms with van der Waals surface area (Å²) in [5.74, 6) is -3.62. The second-order valence-corrected chi connectivity index (χ2v) is 6.00. The van der Waals surface area contributed by atoms with Gasteiger partial charge < -0.3 is 14.8 Å². The van der Waals surface area contributed by atoms with Gasteiger partial charge in [-0.1, -0.05) is 6.07 Å². The van der Waals surface area contributed by atoms with E-state index in [4.69, 9.17) is 9.52 Å². The number of hydrogen-bond donors (Lipinski definition) is 2. The molecular weight excluding hydrogens is 320 g/mol. The molecule has 0 fully saturated rings. The van der Waals surface area contributed by atoms with E-state index >= 15 is 0 Å². The Hall–Kier alpha value is -2.70. The fourth-order valence-electron chi connectivity index (χ4n) is 2.37. The highest BCUT2D eigenvalue weighted by Crippen LogP contribution is 2.24. The zero-order valence-electron chi connectivity index (χ0n) is 13.4. The van der Waals surface area contributed by atoms with Gasteiger partial charge in [0.1, 0.15) is 12.2 Å². The van der Waals surface area contributed by atoms with Crippen molar-refractivity contribution in [2.45, 2.75) is 32.7 Å². The van der Waals surface area contributed by atoms with Gasteiger partial charge in [-0.25, -0.2) is 8.78 Å². The minimum Gasteiger partial charge on any atom is -0.481 e. The second-order valence-electron chi connectivity index (χ2n) is 6.00. The minimum absolute atomic E-state index is 0.0404. The van der Waals surface area contributed by atoms with Gasteiger partial charge in [0.25, 0.3) is 5.91 Å². The highest BCUT2D eigenvalue weighted by Gasteiger charge is 2.28. The Morgan fingerprint density at radius 1 is 1.25 bits per heavy atom. The zero-order chi connectivity index (χ0) is 18.1. The van der Waals surface area contributed by atoms with Gasteiger partial charge in [-0.15, -0.1) is 0 Å². The van der Waals surface area contributed by atoms with Gasteiger partial charge >= 0.3 is 5.97 Å². The van der Waals surface area contributed by atoms with Gasteiger partial charge in [0, 0.05) is 5.56 Å². The van der Waals surface area contributed by atoms with Crippen molar-refractivity contribution in [1.82, 2.24) is 5.32 Å². The van der Waals surface area contributed by atoms with Crippen molar-refractivity contribution in [3.05, 3.63) is 58.5 Å². The Bertz CT molecular complexity index is 796. The number of nitrogens with one attached hydrogen (secondary N) is 1. The lowest BCUT2D eigenvalue weighted by atomic mass is 9.93. The Kier molecular flexibility index (Phi) is 4.73. The molecule has 1 aromatic heterocycles. The maximum absolute atomic E-state index is 13.4. The molecule has 0 aliphatic heterocycles. The molecular formula is C17H17F2NO4. The molecule has 0 spiro atoms. The lowest BCUT2D eigenvalue weighted by Gasteiger charge is -2.27. The van der Waals surface area contributed by atoms with E-state index in [2.05, 4.69) is 5.32 Å². The number of carbonyl (C=O) groups excluding carboxylic acids is 1. The number of aryl methyl sites for hydroxylation is 1. The molecule has 0 radical (unpaired) electrons. The summed E-state index contributed by atoms with van der Waals surface area (Å²) < 4.78 is 31.6. The molecule has 0 aliphatic rings. The summed E-state index contributed by atoms with van der Waals surface area (Å²) in [6.07, 6.45) is 0.875. The number of carboxylic acid groups (broad SMARTS) is 1. The van der Waals surface area contributed by atoms with E-state index < -0.39 is 35.5 Å². The Balaban J connectivity index is 2.29. The van der Waals surface area contributed by atoms with Crippen LogP contribution in [0, 0.1) is 18.6 Å². The molecule has 1 aromatic carbocycles. The van der Waals surface area contributed by atoms with Gasteiger partial charge in [-0.2, -0.15) is 0 Å². The van der Waals surface area contributed by atoms with Crippen molar-refractivity contribution in [2.75, 3.05) is 0 Å². The molecule has 0 aliphatic carbocycles. The van der Waals surface area contributed by atoms with Crippen LogP contribution in [0.25, 0.3) is 0 Å². The summed E-state index contributed by atoms with van der Waals surface area (Å²) in [5, 5.41) is 11.6. The number of furan rings is 1. The molecule has 2 aromatic rings. The molecule has 0 saturated carbocycles. The van der Waals surface area contributed by atoms with E-state index in [0.717, 1.165) is 12.1 Å². The first-order valence-corrected chi connectivity index (χ1v) is 7.18. The first kappa shape index (κ1) is 17.7. The molecule has 5 nitrogen and oxygen atoms in total. The maximum Gasteiger partial charge on any atom is 0.311 e. The van der Waals surface area contributed by atoms with Crippen LogP contribution in [0.2, 0.25) is 0 Å². The van der Waals surface area contributed by atoms with E-state index in [1.165, 1.54) is 12.3 Å². The smallest absolute Gasteiger partial charge is 0.311 e. The van der Waals surface area contributed by atoms with Crippen LogP contribution in [-0.2, 0) is 16.8 Å². The van der Waals surface area contributed by atoms with Gasteiger partial charge in [0.05, 0.1) is 17.4 Å². The van der Waals surface area contributed by atoms with Gasteiger partial charge in [0.2, 0.25) is 0 Å². The molecule has 2 N–H and O–H groups in total. The molecule has 0 unspecified atom stereocenters. The summed E-state index contributed by atoms with van der Waals surface area (Å²) in [7, 11) is 0. The van der Waals surface area contributed by atoms with Crippen LogP contribution in [0.15, 0.2) is 28.9 Å². The molecule has 1 amide bonds.